The molecule has 3 aromatic rings. The predicted octanol–water partition coefficient (Wildman–Crippen LogP) is 4.85. The highest BCUT2D eigenvalue weighted by molar-refractivity contribution is 8.00. The Kier molecular flexibility index (Phi) is 5.30. The summed E-state index contributed by atoms with van der Waals surface area (Å²) in [7, 11) is 0. The van der Waals surface area contributed by atoms with Crippen molar-refractivity contribution in [3.63, 3.8) is 0 Å². The molecule has 2 heterocycles. The maximum Gasteiger partial charge on any atom is 0.235 e. The minimum atomic E-state index is -0.151. The van der Waals surface area contributed by atoms with Gasteiger partial charge in [-0.25, -0.2) is 4.98 Å². The van der Waals surface area contributed by atoms with Crippen molar-refractivity contribution in [2.45, 2.75) is 30.2 Å². The van der Waals surface area contributed by atoms with Gasteiger partial charge in [0.25, 0.3) is 0 Å². The second-order valence-electron chi connectivity index (χ2n) is 6.79. The first-order valence-corrected chi connectivity index (χ1v) is 10.3. The van der Waals surface area contributed by atoms with Crippen LogP contribution in [0.5, 0.6) is 0 Å². The van der Waals surface area contributed by atoms with Crippen LogP contribution in [0.1, 0.15) is 19.8 Å². The molecule has 5 heteroatoms. The van der Waals surface area contributed by atoms with E-state index in [0.717, 1.165) is 53.6 Å². The summed E-state index contributed by atoms with van der Waals surface area (Å²) in [5.41, 5.74) is 4.07. The van der Waals surface area contributed by atoms with Crippen LogP contribution in [0.15, 0.2) is 65.8 Å². The van der Waals surface area contributed by atoms with Crippen LogP contribution in [-0.4, -0.2) is 39.1 Å². The molecule has 0 spiro atoms. The standard InChI is InChI=1S/C22H23N3OS/c1-16(21(26)25-14-8-9-15-25)27-22-23-19(17-10-4-2-5-11-17)20(24-22)18-12-6-3-7-13-18/h2-7,10-13,16H,8-9,14-15H2,1H3,(H,23,24)/t16-/m0/s1. The molecule has 4 nitrogen and oxygen atoms in total. The average molecular weight is 378 g/mol. The molecule has 27 heavy (non-hydrogen) atoms. The molecule has 1 aliphatic rings. The largest absolute Gasteiger partial charge is 0.342 e. The molecule has 1 fully saturated rings. The Morgan fingerprint density at radius 1 is 1.00 bits per heavy atom. The fraction of sp³-hybridized carbons (Fsp3) is 0.273. The lowest BCUT2D eigenvalue weighted by Crippen LogP contribution is -2.34. The molecule has 1 atom stereocenters. The lowest BCUT2D eigenvalue weighted by molar-refractivity contribution is -0.129. The molecule has 4 rings (SSSR count). The summed E-state index contributed by atoms with van der Waals surface area (Å²) in [4.78, 5) is 22.9. The number of nitrogens with zero attached hydrogens (tertiary/aromatic N) is 2. The van der Waals surface area contributed by atoms with Crippen molar-refractivity contribution in [1.29, 1.82) is 0 Å². The van der Waals surface area contributed by atoms with Crippen molar-refractivity contribution in [3.05, 3.63) is 60.7 Å². The maximum atomic E-state index is 12.6. The number of aromatic amines is 1. The van der Waals surface area contributed by atoms with E-state index in [1.165, 1.54) is 11.8 Å². The van der Waals surface area contributed by atoms with Gasteiger partial charge in [0.2, 0.25) is 5.91 Å². The molecule has 138 valence electrons. The number of carbonyl (C=O) groups is 1. The van der Waals surface area contributed by atoms with Crippen LogP contribution in [0, 0.1) is 0 Å². The fourth-order valence-corrected chi connectivity index (χ4v) is 4.33. The molecule has 1 amide bonds. The van der Waals surface area contributed by atoms with Gasteiger partial charge in [0.15, 0.2) is 5.16 Å². The normalized spacial score (nSPS) is 15.1. The summed E-state index contributed by atoms with van der Waals surface area (Å²) in [6.07, 6.45) is 2.22. The summed E-state index contributed by atoms with van der Waals surface area (Å²) in [5.74, 6) is 0.205. The number of hydrogen-bond acceptors (Lipinski definition) is 3. The summed E-state index contributed by atoms with van der Waals surface area (Å²) in [6, 6.07) is 20.4. The van der Waals surface area contributed by atoms with Gasteiger partial charge in [-0.1, -0.05) is 72.4 Å². The number of benzene rings is 2. The second-order valence-corrected chi connectivity index (χ2v) is 8.12. The van der Waals surface area contributed by atoms with E-state index in [9.17, 15) is 4.79 Å². The van der Waals surface area contributed by atoms with E-state index in [0.29, 0.717) is 0 Å². The highest BCUT2D eigenvalue weighted by atomic mass is 32.2. The smallest absolute Gasteiger partial charge is 0.235 e. The van der Waals surface area contributed by atoms with Crippen molar-refractivity contribution >= 4 is 17.7 Å². The third-order valence-electron chi connectivity index (χ3n) is 4.85. The van der Waals surface area contributed by atoms with Crippen molar-refractivity contribution in [1.82, 2.24) is 14.9 Å². The van der Waals surface area contributed by atoms with E-state index in [-0.39, 0.29) is 11.2 Å². The van der Waals surface area contributed by atoms with Crippen molar-refractivity contribution in [2.75, 3.05) is 13.1 Å². The molecule has 1 aliphatic heterocycles. The van der Waals surface area contributed by atoms with Gasteiger partial charge in [-0.05, 0) is 19.8 Å². The summed E-state index contributed by atoms with van der Waals surface area (Å²) in [6.45, 7) is 3.73. The van der Waals surface area contributed by atoms with E-state index >= 15 is 0 Å². The van der Waals surface area contributed by atoms with Gasteiger partial charge in [0.05, 0.1) is 16.6 Å². The zero-order valence-electron chi connectivity index (χ0n) is 15.4. The lowest BCUT2D eigenvalue weighted by atomic mass is 10.1. The van der Waals surface area contributed by atoms with Crippen molar-refractivity contribution in [3.8, 4) is 22.5 Å². The minimum Gasteiger partial charge on any atom is -0.342 e. The lowest BCUT2D eigenvalue weighted by Gasteiger charge is -2.19. The molecule has 2 aromatic carbocycles. The summed E-state index contributed by atoms with van der Waals surface area (Å²) >= 11 is 1.50. The Balaban J connectivity index is 1.64. The van der Waals surface area contributed by atoms with Gasteiger partial charge < -0.3 is 9.88 Å². The molecule has 0 unspecified atom stereocenters. The van der Waals surface area contributed by atoms with Crippen molar-refractivity contribution in [2.24, 2.45) is 0 Å². The highest BCUT2D eigenvalue weighted by Gasteiger charge is 2.25. The number of carbonyl (C=O) groups excluding carboxylic acids is 1. The van der Waals surface area contributed by atoms with E-state index in [4.69, 9.17) is 4.98 Å². The molecule has 0 saturated carbocycles. The molecule has 1 aromatic heterocycles. The number of nitrogens with one attached hydrogen (secondary N) is 1. The number of likely N-dealkylation sites (tertiary alicyclic amines) is 1. The van der Waals surface area contributed by atoms with E-state index in [1.54, 1.807) is 0 Å². The van der Waals surface area contributed by atoms with Gasteiger partial charge in [0, 0.05) is 24.2 Å². The Hall–Kier alpha value is -2.53. The Labute approximate surface area is 164 Å². The SMILES string of the molecule is C[C@H](Sc1nc(-c2ccccc2)c(-c2ccccc2)[nH]1)C(=O)N1CCCC1. The van der Waals surface area contributed by atoms with Crippen LogP contribution in [0.4, 0.5) is 0 Å². The average Bonchev–Trinajstić information content (AvgIpc) is 3.39. The molecule has 1 N–H and O–H groups in total. The van der Waals surface area contributed by atoms with Crippen LogP contribution in [0.3, 0.4) is 0 Å². The zero-order chi connectivity index (χ0) is 18.6. The molecule has 0 bridgehead atoms. The third-order valence-corrected chi connectivity index (χ3v) is 5.82. The Morgan fingerprint density at radius 2 is 1.59 bits per heavy atom. The van der Waals surface area contributed by atoms with Gasteiger partial charge in [-0.15, -0.1) is 0 Å². The fourth-order valence-electron chi connectivity index (χ4n) is 3.44. The first-order valence-electron chi connectivity index (χ1n) is 9.38. The van der Waals surface area contributed by atoms with E-state index in [1.807, 2.05) is 48.2 Å². The van der Waals surface area contributed by atoms with Crippen LogP contribution in [0.2, 0.25) is 0 Å². The number of amides is 1. The summed E-state index contributed by atoms with van der Waals surface area (Å²) < 4.78 is 0. The molecule has 0 radical (unpaired) electrons. The van der Waals surface area contributed by atoms with Crippen LogP contribution >= 0.6 is 11.8 Å². The molecule has 1 saturated heterocycles. The molecular weight excluding hydrogens is 354 g/mol. The van der Waals surface area contributed by atoms with Gasteiger partial charge >= 0.3 is 0 Å². The quantitative estimate of drug-likeness (QED) is 0.647. The van der Waals surface area contributed by atoms with Gasteiger partial charge in [-0.3, -0.25) is 4.79 Å². The topological polar surface area (TPSA) is 49.0 Å². The van der Waals surface area contributed by atoms with Crippen LogP contribution < -0.4 is 0 Å². The summed E-state index contributed by atoms with van der Waals surface area (Å²) in [5, 5.41) is 0.634. The van der Waals surface area contributed by atoms with Gasteiger partial charge in [0.1, 0.15) is 0 Å². The Bertz CT molecular complexity index is 845. The number of rotatable bonds is 5. The van der Waals surface area contributed by atoms with E-state index in [2.05, 4.69) is 29.2 Å². The van der Waals surface area contributed by atoms with Crippen LogP contribution in [-0.2, 0) is 4.79 Å². The number of H-pyrrole nitrogens is 1. The first-order chi connectivity index (χ1) is 13.2. The number of thioether (sulfide) groups is 1. The highest BCUT2D eigenvalue weighted by Crippen LogP contribution is 2.34. The molecule has 0 aliphatic carbocycles. The first kappa shape index (κ1) is 17.9. The Morgan fingerprint density at radius 3 is 2.22 bits per heavy atom. The predicted molar refractivity (Wildman–Crippen MR) is 111 cm³/mol. The third kappa shape index (κ3) is 3.93. The number of imidazole rings is 1. The minimum absolute atomic E-state index is 0.151. The van der Waals surface area contributed by atoms with E-state index < -0.39 is 0 Å². The van der Waals surface area contributed by atoms with Gasteiger partial charge in [-0.2, -0.15) is 0 Å². The zero-order valence-corrected chi connectivity index (χ0v) is 16.2. The molecular formula is C22H23N3OS. The number of aromatic nitrogens is 2. The second kappa shape index (κ2) is 8.01. The van der Waals surface area contributed by atoms with Crippen LogP contribution in [0.25, 0.3) is 22.5 Å². The van der Waals surface area contributed by atoms with Crippen molar-refractivity contribution < 1.29 is 4.79 Å². The number of hydrogen-bond donors (Lipinski definition) is 1. The monoisotopic (exact) mass is 377 g/mol. The maximum absolute atomic E-state index is 12.6.